The van der Waals surface area contributed by atoms with Crippen LogP contribution in [0.2, 0.25) is 0 Å². The molecule has 0 aliphatic carbocycles. The fourth-order valence-electron chi connectivity index (χ4n) is 1.93. The van der Waals surface area contributed by atoms with E-state index in [0.29, 0.717) is 17.4 Å². The van der Waals surface area contributed by atoms with E-state index in [0.717, 1.165) is 0 Å². The molecule has 0 fully saturated rings. The molecule has 0 saturated heterocycles. The molecule has 1 aromatic carbocycles. The van der Waals surface area contributed by atoms with Gasteiger partial charge in [0.15, 0.2) is 13.2 Å². The molecule has 0 atom stereocenters. The van der Waals surface area contributed by atoms with Crippen molar-refractivity contribution < 1.29 is 23.5 Å². The fourth-order valence-corrected chi connectivity index (χ4v) is 1.93. The minimum atomic E-state index is -0.601. The predicted octanol–water partition coefficient (Wildman–Crippen LogP) is 2.64. The summed E-state index contributed by atoms with van der Waals surface area (Å²) in [5, 5.41) is 2.58. The van der Waals surface area contributed by atoms with Crippen LogP contribution in [0.15, 0.2) is 47.1 Å². The number of amides is 1. The number of furan rings is 1. The largest absolute Gasteiger partial charge is 0.482 e. The molecule has 0 unspecified atom stereocenters. The molecular weight excluding hydrogens is 310 g/mol. The van der Waals surface area contributed by atoms with Crippen LogP contribution in [0.1, 0.15) is 31.1 Å². The summed E-state index contributed by atoms with van der Waals surface area (Å²) in [7, 11) is 0. The normalized spacial score (nSPS) is 10.5. The van der Waals surface area contributed by atoms with Gasteiger partial charge in [0.1, 0.15) is 11.5 Å². The molecule has 1 heterocycles. The number of hydrogen-bond donors (Lipinski definition) is 1. The van der Waals surface area contributed by atoms with Crippen LogP contribution in [-0.4, -0.2) is 25.1 Å². The predicted molar refractivity (Wildman–Crippen MR) is 87.5 cm³/mol. The number of carbonyl (C=O) groups is 2. The van der Waals surface area contributed by atoms with Gasteiger partial charge < -0.3 is 19.2 Å². The number of esters is 1. The van der Waals surface area contributed by atoms with Crippen molar-refractivity contribution in [3.8, 4) is 5.75 Å². The van der Waals surface area contributed by atoms with Crippen molar-refractivity contribution in [2.75, 3.05) is 13.2 Å². The second kappa shape index (κ2) is 8.76. The number of carbonyl (C=O) groups excluding carboxylic acids is 2. The van der Waals surface area contributed by atoms with Gasteiger partial charge in [0.25, 0.3) is 5.91 Å². The lowest BCUT2D eigenvalue weighted by Gasteiger charge is -2.09. The molecular formula is C18H21NO5. The van der Waals surface area contributed by atoms with Crippen LogP contribution in [0.3, 0.4) is 0 Å². The Kier molecular flexibility index (Phi) is 6.42. The third kappa shape index (κ3) is 5.79. The molecule has 0 saturated carbocycles. The summed E-state index contributed by atoms with van der Waals surface area (Å²) in [4.78, 5) is 23.1. The lowest BCUT2D eigenvalue weighted by molar-refractivity contribution is -0.150. The van der Waals surface area contributed by atoms with Crippen LogP contribution in [0.25, 0.3) is 0 Å². The molecule has 0 spiro atoms. The summed E-state index contributed by atoms with van der Waals surface area (Å²) >= 11 is 0. The molecule has 0 aliphatic rings. The monoisotopic (exact) mass is 331 g/mol. The Morgan fingerprint density at radius 2 is 1.88 bits per heavy atom. The maximum atomic E-state index is 11.6. The Morgan fingerprint density at radius 3 is 2.50 bits per heavy atom. The highest BCUT2D eigenvalue weighted by Crippen LogP contribution is 2.18. The van der Waals surface area contributed by atoms with Crippen LogP contribution >= 0.6 is 0 Å². The summed E-state index contributed by atoms with van der Waals surface area (Å²) < 4.78 is 15.3. The standard InChI is InChI=1S/C18H21NO5/c1-13(2)14-5-7-15(8-6-14)23-12-18(21)24-11-17(20)19-10-16-4-3-9-22-16/h3-9,13H,10-12H2,1-2H3,(H,19,20). The molecule has 0 bridgehead atoms. The Hall–Kier alpha value is -2.76. The van der Waals surface area contributed by atoms with Gasteiger partial charge in [0.2, 0.25) is 0 Å². The second-order valence-corrected chi connectivity index (χ2v) is 5.53. The van der Waals surface area contributed by atoms with E-state index in [1.54, 1.807) is 24.3 Å². The van der Waals surface area contributed by atoms with Crippen molar-refractivity contribution in [3.05, 3.63) is 54.0 Å². The molecule has 1 aromatic heterocycles. The van der Waals surface area contributed by atoms with Crippen LogP contribution < -0.4 is 10.1 Å². The van der Waals surface area contributed by atoms with Crippen LogP contribution in [0.5, 0.6) is 5.75 Å². The first-order chi connectivity index (χ1) is 11.5. The first-order valence-electron chi connectivity index (χ1n) is 7.72. The number of hydrogen-bond acceptors (Lipinski definition) is 5. The molecule has 6 nitrogen and oxygen atoms in total. The van der Waals surface area contributed by atoms with Crippen LogP contribution in [0, 0.1) is 0 Å². The van der Waals surface area contributed by atoms with Crippen molar-refractivity contribution in [3.63, 3.8) is 0 Å². The van der Waals surface area contributed by atoms with E-state index in [1.807, 2.05) is 12.1 Å². The topological polar surface area (TPSA) is 77.8 Å². The van der Waals surface area contributed by atoms with Gasteiger partial charge in [-0.2, -0.15) is 0 Å². The van der Waals surface area contributed by atoms with E-state index in [2.05, 4.69) is 19.2 Å². The molecule has 1 amide bonds. The zero-order valence-electron chi connectivity index (χ0n) is 13.8. The lowest BCUT2D eigenvalue weighted by Crippen LogP contribution is -2.29. The third-order valence-corrected chi connectivity index (χ3v) is 3.31. The highest BCUT2D eigenvalue weighted by molar-refractivity contribution is 5.80. The van der Waals surface area contributed by atoms with Crippen molar-refractivity contribution in [2.45, 2.75) is 26.3 Å². The van der Waals surface area contributed by atoms with Gasteiger partial charge in [-0.15, -0.1) is 0 Å². The van der Waals surface area contributed by atoms with Gasteiger partial charge >= 0.3 is 5.97 Å². The van der Waals surface area contributed by atoms with E-state index in [9.17, 15) is 9.59 Å². The van der Waals surface area contributed by atoms with E-state index in [4.69, 9.17) is 13.9 Å². The van der Waals surface area contributed by atoms with Gasteiger partial charge in [-0.05, 0) is 35.7 Å². The number of nitrogens with one attached hydrogen (secondary N) is 1. The molecule has 0 radical (unpaired) electrons. The molecule has 2 aromatic rings. The van der Waals surface area contributed by atoms with Crippen molar-refractivity contribution >= 4 is 11.9 Å². The highest BCUT2D eigenvalue weighted by Gasteiger charge is 2.09. The molecule has 1 N–H and O–H groups in total. The first-order valence-corrected chi connectivity index (χ1v) is 7.72. The summed E-state index contributed by atoms with van der Waals surface area (Å²) in [6.07, 6.45) is 1.52. The Labute approximate surface area is 140 Å². The highest BCUT2D eigenvalue weighted by atomic mass is 16.6. The minimum absolute atomic E-state index is 0.244. The maximum absolute atomic E-state index is 11.6. The second-order valence-electron chi connectivity index (χ2n) is 5.53. The Morgan fingerprint density at radius 1 is 1.12 bits per heavy atom. The smallest absolute Gasteiger partial charge is 0.344 e. The van der Waals surface area contributed by atoms with Gasteiger partial charge in [-0.25, -0.2) is 4.79 Å². The fraction of sp³-hybridized carbons (Fsp3) is 0.333. The number of rotatable bonds is 8. The number of benzene rings is 1. The van der Waals surface area contributed by atoms with Gasteiger partial charge in [-0.1, -0.05) is 26.0 Å². The summed E-state index contributed by atoms with van der Waals surface area (Å²) in [5.74, 6) is 0.641. The van der Waals surface area contributed by atoms with Gasteiger partial charge in [0, 0.05) is 0 Å². The zero-order chi connectivity index (χ0) is 17.4. The molecule has 2 rings (SSSR count). The van der Waals surface area contributed by atoms with E-state index >= 15 is 0 Å². The first kappa shape index (κ1) is 17.6. The molecule has 6 heteroatoms. The third-order valence-electron chi connectivity index (χ3n) is 3.31. The lowest BCUT2D eigenvalue weighted by atomic mass is 10.0. The summed E-state index contributed by atoms with van der Waals surface area (Å²) in [6, 6.07) is 11.0. The zero-order valence-corrected chi connectivity index (χ0v) is 13.8. The van der Waals surface area contributed by atoms with Crippen molar-refractivity contribution in [1.29, 1.82) is 0 Å². The quantitative estimate of drug-likeness (QED) is 0.752. The van der Waals surface area contributed by atoms with Gasteiger partial charge in [0.05, 0.1) is 12.8 Å². The molecule has 0 aliphatic heterocycles. The summed E-state index contributed by atoms with van der Waals surface area (Å²) in [5.41, 5.74) is 1.19. The maximum Gasteiger partial charge on any atom is 0.344 e. The SMILES string of the molecule is CC(C)c1ccc(OCC(=O)OCC(=O)NCc2ccco2)cc1. The summed E-state index contributed by atoms with van der Waals surface area (Å²) in [6.45, 7) is 3.86. The average Bonchev–Trinajstić information content (AvgIpc) is 3.10. The number of ether oxygens (including phenoxy) is 2. The van der Waals surface area contributed by atoms with Gasteiger partial charge in [-0.3, -0.25) is 4.79 Å². The van der Waals surface area contributed by atoms with Crippen molar-refractivity contribution in [1.82, 2.24) is 5.32 Å². The molecule has 24 heavy (non-hydrogen) atoms. The Balaban J connectivity index is 1.64. The molecule has 128 valence electrons. The van der Waals surface area contributed by atoms with Crippen LogP contribution in [-0.2, 0) is 20.9 Å². The van der Waals surface area contributed by atoms with Crippen LogP contribution in [0.4, 0.5) is 0 Å². The minimum Gasteiger partial charge on any atom is -0.482 e. The van der Waals surface area contributed by atoms with E-state index < -0.39 is 11.9 Å². The van der Waals surface area contributed by atoms with E-state index in [-0.39, 0.29) is 19.8 Å². The van der Waals surface area contributed by atoms with E-state index in [1.165, 1.54) is 11.8 Å². The van der Waals surface area contributed by atoms with Crippen molar-refractivity contribution in [2.24, 2.45) is 0 Å². The Bertz CT molecular complexity index is 647. The average molecular weight is 331 g/mol.